The van der Waals surface area contributed by atoms with Crippen LogP contribution in [0, 0.1) is 11.6 Å². The summed E-state index contributed by atoms with van der Waals surface area (Å²) in [5.41, 5.74) is 3.68. The fourth-order valence-corrected chi connectivity index (χ4v) is 4.34. The van der Waals surface area contributed by atoms with Gasteiger partial charge in [-0.3, -0.25) is 14.5 Å². The summed E-state index contributed by atoms with van der Waals surface area (Å²) in [5, 5.41) is 5.01. The Morgan fingerprint density at radius 3 is 2.52 bits per heavy atom. The van der Waals surface area contributed by atoms with Crippen LogP contribution in [0.3, 0.4) is 0 Å². The fourth-order valence-electron chi connectivity index (χ4n) is 4.34. The Hall–Kier alpha value is -3.00. The normalized spacial score (nSPS) is 16.8. The largest absolute Gasteiger partial charge is 0.374 e. The average Bonchev–Trinajstić information content (AvgIpc) is 3.41. The van der Waals surface area contributed by atoms with Crippen LogP contribution in [0.2, 0.25) is 0 Å². The smallest absolute Gasteiger partial charge is 0.313 e. The van der Waals surface area contributed by atoms with Crippen LogP contribution in [0.5, 0.6) is 0 Å². The Morgan fingerprint density at radius 1 is 1.00 bits per heavy atom. The number of fused-ring (bicyclic) bond motifs is 1. The SMILES string of the molecule is CN1CCc2cc([C@H](CNC(=O)C(=O)Nc3ccc(F)c(F)c3)N3CCCC3)ccc21. The maximum Gasteiger partial charge on any atom is 0.313 e. The highest BCUT2D eigenvalue weighted by Gasteiger charge is 2.27. The summed E-state index contributed by atoms with van der Waals surface area (Å²) in [6.45, 7) is 3.17. The first-order chi connectivity index (χ1) is 14.9. The van der Waals surface area contributed by atoms with Gasteiger partial charge in [-0.2, -0.15) is 0 Å². The van der Waals surface area contributed by atoms with Crippen molar-refractivity contribution in [1.29, 1.82) is 0 Å². The molecular weight excluding hydrogens is 402 g/mol. The number of likely N-dealkylation sites (tertiary alicyclic amines) is 1. The first kappa shape index (κ1) is 21.2. The Bertz CT molecular complexity index is 992. The van der Waals surface area contributed by atoms with Crippen molar-refractivity contribution in [2.45, 2.75) is 25.3 Å². The highest BCUT2D eigenvalue weighted by Crippen LogP contribution is 2.32. The van der Waals surface area contributed by atoms with Gasteiger partial charge in [-0.1, -0.05) is 12.1 Å². The number of amides is 2. The van der Waals surface area contributed by atoms with E-state index in [0.717, 1.165) is 56.6 Å². The van der Waals surface area contributed by atoms with Crippen LogP contribution in [-0.4, -0.2) is 49.9 Å². The first-order valence-corrected chi connectivity index (χ1v) is 10.5. The molecule has 1 saturated heterocycles. The summed E-state index contributed by atoms with van der Waals surface area (Å²) in [7, 11) is 2.08. The summed E-state index contributed by atoms with van der Waals surface area (Å²) >= 11 is 0. The molecule has 0 spiro atoms. The van der Waals surface area contributed by atoms with Crippen molar-refractivity contribution in [3.8, 4) is 0 Å². The summed E-state index contributed by atoms with van der Waals surface area (Å²) < 4.78 is 26.4. The third kappa shape index (κ3) is 4.69. The molecule has 2 aliphatic rings. The number of carbonyl (C=O) groups is 2. The minimum atomic E-state index is -1.09. The molecule has 2 aromatic carbocycles. The van der Waals surface area contributed by atoms with Gasteiger partial charge in [0.1, 0.15) is 0 Å². The van der Waals surface area contributed by atoms with Crippen LogP contribution in [0.4, 0.5) is 20.2 Å². The lowest BCUT2D eigenvalue weighted by Gasteiger charge is -2.28. The van der Waals surface area contributed by atoms with E-state index in [1.807, 2.05) is 0 Å². The number of hydrogen-bond acceptors (Lipinski definition) is 4. The molecule has 2 heterocycles. The van der Waals surface area contributed by atoms with Crippen LogP contribution in [-0.2, 0) is 16.0 Å². The Balaban J connectivity index is 1.43. The second-order valence-electron chi connectivity index (χ2n) is 8.11. The molecule has 0 unspecified atom stereocenters. The molecule has 2 aromatic rings. The van der Waals surface area contributed by atoms with Crippen molar-refractivity contribution in [3.63, 3.8) is 0 Å². The lowest BCUT2D eigenvalue weighted by Crippen LogP contribution is -2.41. The number of benzene rings is 2. The van der Waals surface area contributed by atoms with E-state index in [-0.39, 0.29) is 11.7 Å². The molecule has 2 aliphatic heterocycles. The molecule has 6 nitrogen and oxygen atoms in total. The average molecular weight is 428 g/mol. The Labute approximate surface area is 180 Å². The van der Waals surface area contributed by atoms with Gasteiger partial charge >= 0.3 is 11.8 Å². The highest BCUT2D eigenvalue weighted by atomic mass is 19.2. The van der Waals surface area contributed by atoms with Crippen LogP contribution in [0.15, 0.2) is 36.4 Å². The van der Waals surface area contributed by atoms with Gasteiger partial charge < -0.3 is 15.5 Å². The maximum atomic E-state index is 13.3. The molecule has 164 valence electrons. The number of rotatable bonds is 5. The summed E-state index contributed by atoms with van der Waals surface area (Å²) in [4.78, 5) is 29.1. The van der Waals surface area contributed by atoms with Crippen molar-refractivity contribution in [2.75, 3.05) is 43.4 Å². The third-order valence-electron chi connectivity index (χ3n) is 6.04. The molecule has 2 amide bonds. The number of halogens is 2. The lowest BCUT2D eigenvalue weighted by atomic mass is 10.0. The number of carbonyl (C=O) groups excluding carboxylic acids is 2. The predicted octanol–water partition coefficient (Wildman–Crippen LogP) is 2.85. The van der Waals surface area contributed by atoms with Gasteiger partial charge in [-0.15, -0.1) is 0 Å². The summed E-state index contributed by atoms with van der Waals surface area (Å²) in [5.74, 6) is -3.83. The minimum absolute atomic E-state index is 0.0258. The Kier molecular flexibility index (Phi) is 6.18. The van der Waals surface area contributed by atoms with Crippen LogP contribution < -0.4 is 15.5 Å². The topological polar surface area (TPSA) is 64.7 Å². The molecule has 0 aliphatic carbocycles. The van der Waals surface area contributed by atoms with Gasteiger partial charge in [-0.05, 0) is 61.7 Å². The summed E-state index contributed by atoms with van der Waals surface area (Å²) in [6.07, 6.45) is 3.21. The van der Waals surface area contributed by atoms with Crippen molar-refractivity contribution >= 4 is 23.2 Å². The molecule has 4 rings (SSSR count). The maximum absolute atomic E-state index is 13.3. The van der Waals surface area contributed by atoms with E-state index >= 15 is 0 Å². The van der Waals surface area contributed by atoms with Crippen molar-refractivity contribution in [1.82, 2.24) is 10.2 Å². The Morgan fingerprint density at radius 2 is 1.77 bits per heavy atom. The highest BCUT2D eigenvalue weighted by molar-refractivity contribution is 6.39. The molecule has 0 aromatic heterocycles. The second kappa shape index (κ2) is 9.01. The predicted molar refractivity (Wildman–Crippen MR) is 115 cm³/mol. The van der Waals surface area contributed by atoms with E-state index in [4.69, 9.17) is 0 Å². The molecule has 1 atom stereocenters. The number of hydrogen-bond donors (Lipinski definition) is 2. The van der Waals surface area contributed by atoms with Crippen molar-refractivity contribution < 1.29 is 18.4 Å². The van der Waals surface area contributed by atoms with E-state index in [1.54, 1.807) is 0 Å². The van der Waals surface area contributed by atoms with Gasteiger partial charge in [-0.25, -0.2) is 8.78 Å². The minimum Gasteiger partial charge on any atom is -0.374 e. The van der Waals surface area contributed by atoms with Gasteiger partial charge in [0.05, 0.1) is 6.04 Å². The standard InChI is InChI=1S/C23H26F2N4O2/c1-28-11-8-16-12-15(4-7-20(16)28)21(29-9-2-3-10-29)14-26-22(30)23(31)27-17-5-6-18(24)19(25)13-17/h4-7,12-13,21H,2-3,8-11,14H2,1H3,(H,26,30)(H,27,31)/t21-/m0/s1. The van der Waals surface area contributed by atoms with E-state index in [0.29, 0.717) is 6.54 Å². The number of likely N-dealkylation sites (N-methyl/N-ethyl adjacent to an activating group) is 1. The van der Waals surface area contributed by atoms with E-state index in [1.165, 1.54) is 17.3 Å². The lowest BCUT2D eigenvalue weighted by molar-refractivity contribution is -0.136. The van der Waals surface area contributed by atoms with E-state index < -0.39 is 23.4 Å². The molecule has 2 N–H and O–H groups in total. The molecular formula is C23H26F2N4O2. The number of anilines is 2. The zero-order chi connectivity index (χ0) is 22.0. The number of nitrogens with one attached hydrogen (secondary N) is 2. The van der Waals surface area contributed by atoms with Crippen LogP contribution in [0.1, 0.15) is 30.0 Å². The van der Waals surface area contributed by atoms with Crippen molar-refractivity contribution in [3.05, 3.63) is 59.2 Å². The third-order valence-corrected chi connectivity index (χ3v) is 6.04. The fraction of sp³-hybridized carbons (Fsp3) is 0.391. The van der Waals surface area contributed by atoms with E-state index in [2.05, 4.69) is 45.7 Å². The molecule has 0 bridgehead atoms. The van der Waals surface area contributed by atoms with Gasteiger partial charge in [0, 0.05) is 37.6 Å². The molecule has 0 saturated carbocycles. The van der Waals surface area contributed by atoms with Crippen molar-refractivity contribution in [2.24, 2.45) is 0 Å². The van der Waals surface area contributed by atoms with Crippen LogP contribution in [0.25, 0.3) is 0 Å². The molecule has 8 heteroatoms. The van der Waals surface area contributed by atoms with Gasteiger partial charge in [0.25, 0.3) is 0 Å². The number of nitrogens with zero attached hydrogens (tertiary/aromatic N) is 2. The zero-order valence-corrected chi connectivity index (χ0v) is 17.5. The van der Waals surface area contributed by atoms with Crippen LogP contribution >= 0.6 is 0 Å². The zero-order valence-electron chi connectivity index (χ0n) is 17.5. The molecule has 31 heavy (non-hydrogen) atoms. The molecule has 1 fully saturated rings. The van der Waals surface area contributed by atoms with E-state index in [9.17, 15) is 18.4 Å². The second-order valence-corrected chi connectivity index (χ2v) is 8.11. The summed E-state index contributed by atoms with van der Waals surface area (Å²) in [6, 6.07) is 9.34. The first-order valence-electron chi connectivity index (χ1n) is 10.5. The van der Waals surface area contributed by atoms with Gasteiger partial charge in [0.15, 0.2) is 11.6 Å². The molecule has 0 radical (unpaired) electrons. The monoisotopic (exact) mass is 428 g/mol. The quantitative estimate of drug-likeness (QED) is 0.719. The van der Waals surface area contributed by atoms with Gasteiger partial charge in [0.2, 0.25) is 0 Å².